The molecule has 12 rings (SSSR count). The topological polar surface area (TPSA) is 273 Å². The van der Waals surface area contributed by atoms with Crippen LogP contribution in [0.1, 0.15) is 143 Å². The molecule has 4 amide bonds. The number of carbonyl (C=O) groups excluding carboxylic acids is 8. The van der Waals surface area contributed by atoms with Gasteiger partial charge in [0.1, 0.15) is 34.0 Å². The molecule has 0 aliphatic carbocycles. The molecule has 8 aromatic carbocycles. The van der Waals surface area contributed by atoms with Gasteiger partial charge in [0.25, 0.3) is 0 Å². The monoisotopic (exact) mass is 1710 g/mol. The first kappa shape index (κ1) is 94.8. The number of rotatable bonds is 33. The highest BCUT2D eigenvalue weighted by molar-refractivity contribution is 6.30. The molecule has 0 atom stereocenters. The average molecular weight is 1710 g/mol. The van der Waals surface area contributed by atoms with E-state index in [0.717, 1.165) is 83.9 Å². The van der Waals surface area contributed by atoms with Gasteiger partial charge in [-0.1, -0.05) is 136 Å². The number of halogens is 2. The van der Waals surface area contributed by atoms with Crippen molar-refractivity contribution in [2.75, 3.05) is 89.1 Å². The highest BCUT2D eigenvalue weighted by Crippen LogP contribution is 2.36. The number of benzene rings is 8. The summed E-state index contributed by atoms with van der Waals surface area (Å²) in [6, 6.07) is 67.3. The van der Waals surface area contributed by atoms with Crippen molar-refractivity contribution in [2.45, 2.75) is 105 Å². The second-order valence-electron chi connectivity index (χ2n) is 28.9. The van der Waals surface area contributed by atoms with Crippen molar-refractivity contribution < 1.29 is 66.4 Å². The van der Waals surface area contributed by atoms with Gasteiger partial charge in [-0.2, -0.15) is 4.39 Å². The summed E-state index contributed by atoms with van der Waals surface area (Å²) >= 11 is 6.09. The maximum Gasteiger partial charge on any atom is 0.226 e. The number of aryl methyl sites for hydroxylation is 4. The highest BCUT2D eigenvalue weighted by Gasteiger charge is 2.22. The minimum atomic E-state index is -0.549. The Morgan fingerprint density at radius 1 is 0.320 bits per heavy atom. The standard InChI is InChI=1S/C26H28N2O4.C25H25ClN2O3.C25H25FN2O3.C25H27N3O3/c1-5-25(30)28(2)21-12-8-18(9-13-21)20-10-14-22(24(17-20)31-3)23(29)15-11-19-7-6-16-27-26(19)32-4;3*1-4-24(30)28(2)20-11-7-17(8-12-20)19-9-13-21(23(16-19)31-3)22(29)14-10-18-6-5-15-27-25(18)26/h6-10,12-14,16-17H,5,11,15H2,1-4H3;2*5-9,11-13,15-16H,4,10,14H2,1-3H3;5-9,11-13,15-16H,4,10,14H2,1-3H3,(H2,26,27). The van der Waals surface area contributed by atoms with Gasteiger partial charge in [-0.05, 0) is 203 Å². The molecule has 4 aromatic heterocycles. The van der Waals surface area contributed by atoms with Crippen molar-refractivity contribution in [2.24, 2.45) is 0 Å². The number of methoxy groups -OCH3 is 5. The van der Waals surface area contributed by atoms with Gasteiger partial charge < -0.3 is 49.0 Å². The largest absolute Gasteiger partial charge is 0.496 e. The number of nitrogens with zero attached hydrogens (tertiary/aromatic N) is 8. The van der Waals surface area contributed by atoms with Gasteiger partial charge in [0.15, 0.2) is 23.1 Å². The van der Waals surface area contributed by atoms with E-state index in [4.69, 9.17) is 41.0 Å². The molecule has 24 heteroatoms. The Kier molecular flexibility index (Phi) is 35.5. The van der Waals surface area contributed by atoms with Crippen molar-refractivity contribution >= 4 is 86.9 Å². The zero-order valence-corrected chi connectivity index (χ0v) is 73.6. The molecule has 125 heavy (non-hydrogen) atoms. The highest BCUT2D eigenvalue weighted by atomic mass is 35.5. The molecule has 646 valence electrons. The third-order valence-electron chi connectivity index (χ3n) is 21.2. The Morgan fingerprint density at radius 3 is 0.864 bits per heavy atom. The zero-order chi connectivity index (χ0) is 90.2. The number of carbonyl (C=O) groups is 8. The molecule has 0 aliphatic rings. The molecule has 0 saturated heterocycles. The maximum absolute atomic E-state index is 13.7. The third kappa shape index (κ3) is 25.5. The number of amides is 4. The van der Waals surface area contributed by atoms with Crippen LogP contribution in [-0.4, -0.2) is 130 Å². The van der Waals surface area contributed by atoms with Crippen LogP contribution in [0, 0.1) is 5.95 Å². The number of anilines is 5. The van der Waals surface area contributed by atoms with Crippen LogP contribution in [0.15, 0.2) is 243 Å². The summed E-state index contributed by atoms with van der Waals surface area (Å²) in [6.07, 6.45) is 11.1. The SMILES string of the molecule is CCC(=O)N(C)c1ccc(-c2ccc(C(=O)CCc3cccnc3Cl)c(OC)c2)cc1.CCC(=O)N(C)c1ccc(-c2ccc(C(=O)CCc3cccnc3F)c(OC)c2)cc1.CCC(=O)N(C)c1ccc(-c2ccc(C(=O)CCc3cccnc3N)c(OC)c2)cc1.CCC(=O)N(C)c1ccc(-c2ccc(C(=O)CCc3cccnc3OC)c(OC)c2)cc1. The smallest absolute Gasteiger partial charge is 0.226 e. The fourth-order valence-corrected chi connectivity index (χ4v) is 13.9. The lowest BCUT2D eigenvalue weighted by Crippen LogP contribution is -2.24. The summed E-state index contributed by atoms with van der Waals surface area (Å²) in [6.45, 7) is 7.35. The number of ketones is 4. The number of Topliss-reactive ketones (excluding diaryl/α,β-unsaturated/α-hetero) is 4. The van der Waals surface area contributed by atoms with E-state index in [2.05, 4.69) is 19.9 Å². The van der Waals surface area contributed by atoms with Crippen LogP contribution in [0.4, 0.5) is 33.0 Å². The number of aromatic nitrogens is 4. The molecular weight excluding hydrogens is 1600 g/mol. The molecule has 0 fully saturated rings. The molecule has 2 N–H and O–H groups in total. The lowest BCUT2D eigenvalue weighted by molar-refractivity contribution is -0.118. The Morgan fingerprint density at radius 2 is 0.576 bits per heavy atom. The van der Waals surface area contributed by atoms with E-state index in [1.165, 1.54) is 13.3 Å². The average Bonchev–Trinajstić information content (AvgIpc) is 0.825. The minimum absolute atomic E-state index is 0.00523. The number of ether oxygens (including phenoxy) is 5. The second-order valence-corrected chi connectivity index (χ2v) is 29.2. The quantitative estimate of drug-likeness (QED) is 0.0296. The molecule has 0 aliphatic heterocycles. The summed E-state index contributed by atoms with van der Waals surface area (Å²) in [7, 11) is 14.8. The van der Waals surface area contributed by atoms with Gasteiger partial charge in [0.2, 0.25) is 35.5 Å². The molecule has 0 saturated carbocycles. The van der Waals surface area contributed by atoms with Gasteiger partial charge in [-0.25, -0.2) is 19.9 Å². The van der Waals surface area contributed by atoms with Gasteiger partial charge in [-0.15, -0.1) is 0 Å². The lowest BCUT2D eigenvalue weighted by atomic mass is 9.98. The molecule has 4 heterocycles. The van der Waals surface area contributed by atoms with E-state index >= 15 is 0 Å². The summed E-state index contributed by atoms with van der Waals surface area (Å²) in [5.41, 5.74) is 21.8. The van der Waals surface area contributed by atoms with Crippen molar-refractivity contribution in [1.82, 2.24) is 19.9 Å². The number of pyridine rings is 4. The minimum Gasteiger partial charge on any atom is -0.496 e. The Labute approximate surface area is 735 Å². The molecule has 0 unspecified atom stereocenters. The number of nitrogens with two attached hydrogens (primary N) is 1. The van der Waals surface area contributed by atoms with E-state index < -0.39 is 5.95 Å². The predicted molar refractivity (Wildman–Crippen MR) is 492 cm³/mol. The zero-order valence-electron chi connectivity index (χ0n) is 72.8. The normalized spacial score (nSPS) is 10.6. The van der Waals surface area contributed by atoms with Crippen LogP contribution >= 0.6 is 11.6 Å². The first-order valence-electron chi connectivity index (χ1n) is 41.0. The summed E-state index contributed by atoms with van der Waals surface area (Å²) in [5, 5.41) is 0.423. The number of hydrogen-bond acceptors (Lipinski definition) is 18. The maximum atomic E-state index is 13.7. The molecule has 0 radical (unpaired) electrons. The van der Waals surface area contributed by atoms with E-state index in [1.54, 1.807) is 131 Å². The van der Waals surface area contributed by atoms with E-state index in [-0.39, 0.29) is 59.6 Å². The second kappa shape index (κ2) is 46.8. The first-order chi connectivity index (χ1) is 60.3. The molecule has 12 aromatic rings. The number of hydrogen-bond donors (Lipinski definition) is 1. The Balaban J connectivity index is 0.000000189. The van der Waals surface area contributed by atoms with E-state index in [1.807, 2.05) is 210 Å². The van der Waals surface area contributed by atoms with Crippen LogP contribution in [-0.2, 0) is 44.9 Å². The Bertz CT molecular complexity index is 5320. The van der Waals surface area contributed by atoms with Crippen molar-refractivity contribution in [3.05, 3.63) is 299 Å². The number of nitrogen functional groups attached to an aromatic ring is 1. The van der Waals surface area contributed by atoms with Crippen molar-refractivity contribution in [1.29, 1.82) is 0 Å². The van der Waals surface area contributed by atoms with Gasteiger partial charge >= 0.3 is 0 Å². The van der Waals surface area contributed by atoms with E-state index in [9.17, 15) is 42.7 Å². The molecule has 0 bridgehead atoms. The third-order valence-corrected chi connectivity index (χ3v) is 21.5. The molecular formula is C101H105ClFN9O13. The fraction of sp³-hybridized carbons (Fsp3) is 0.248. The van der Waals surface area contributed by atoms with Crippen molar-refractivity contribution in [3.8, 4) is 73.4 Å². The van der Waals surface area contributed by atoms with Gasteiger partial charge in [0, 0.05) is 138 Å². The van der Waals surface area contributed by atoms with Crippen LogP contribution in [0.5, 0.6) is 28.9 Å². The summed E-state index contributed by atoms with van der Waals surface area (Å²) in [5.74, 6) is 2.58. The first-order valence-corrected chi connectivity index (χ1v) is 41.4. The van der Waals surface area contributed by atoms with Crippen LogP contribution in [0.3, 0.4) is 0 Å². The summed E-state index contributed by atoms with van der Waals surface area (Å²) < 4.78 is 40.9. The van der Waals surface area contributed by atoms with Crippen LogP contribution in [0.2, 0.25) is 5.15 Å². The van der Waals surface area contributed by atoms with Gasteiger partial charge in [0.05, 0.1) is 57.8 Å². The van der Waals surface area contributed by atoms with Crippen molar-refractivity contribution in [3.63, 3.8) is 0 Å². The van der Waals surface area contributed by atoms with E-state index in [0.29, 0.717) is 132 Å². The van der Waals surface area contributed by atoms with Gasteiger partial charge in [-0.3, -0.25) is 38.4 Å². The van der Waals surface area contributed by atoms with Crippen LogP contribution in [0.25, 0.3) is 44.5 Å². The molecule has 22 nitrogen and oxygen atoms in total. The lowest BCUT2D eigenvalue weighted by Gasteiger charge is -2.17. The Hall–Kier alpha value is -14.1. The molecule has 0 spiro atoms. The fourth-order valence-electron chi connectivity index (χ4n) is 13.6. The predicted octanol–water partition coefficient (Wildman–Crippen LogP) is 20.2. The summed E-state index contributed by atoms with van der Waals surface area (Å²) in [4.78, 5) is 121. The van der Waals surface area contributed by atoms with Crippen LogP contribution < -0.4 is 49.0 Å².